The SMILES string of the molecule is Cc1cc(C)n(-c2ccc(N3CCN(CC(=O)Nc4ccccc4F)CC3)nn2)n1. The van der Waals surface area contributed by atoms with Gasteiger partial charge in [0.1, 0.15) is 5.82 Å². The first kappa shape index (κ1) is 20.0. The van der Waals surface area contributed by atoms with Crippen molar-refractivity contribution in [1.82, 2.24) is 24.9 Å². The van der Waals surface area contributed by atoms with E-state index in [1.165, 1.54) is 6.07 Å². The molecule has 1 fully saturated rings. The van der Waals surface area contributed by atoms with Crippen LogP contribution in [0.2, 0.25) is 0 Å². The molecule has 0 atom stereocenters. The van der Waals surface area contributed by atoms with Crippen LogP contribution in [0.1, 0.15) is 11.4 Å². The van der Waals surface area contributed by atoms with Crippen molar-refractivity contribution >= 4 is 17.4 Å². The fourth-order valence-corrected chi connectivity index (χ4v) is 3.55. The monoisotopic (exact) mass is 409 g/mol. The van der Waals surface area contributed by atoms with Gasteiger partial charge in [-0.2, -0.15) is 5.10 Å². The molecule has 9 heteroatoms. The standard InChI is InChI=1S/C21H24FN7O/c1-15-13-16(2)29(26-15)20-8-7-19(24-25-20)28-11-9-27(10-12-28)14-21(30)23-18-6-4-3-5-17(18)22/h3-8,13H,9-12,14H2,1-2H3,(H,23,30). The number of anilines is 2. The molecule has 0 aliphatic carbocycles. The Bertz CT molecular complexity index is 1030. The Labute approximate surface area is 174 Å². The number of hydrogen-bond acceptors (Lipinski definition) is 6. The highest BCUT2D eigenvalue weighted by molar-refractivity contribution is 5.92. The van der Waals surface area contributed by atoms with Gasteiger partial charge in [0.05, 0.1) is 17.9 Å². The van der Waals surface area contributed by atoms with E-state index in [2.05, 4.69) is 25.5 Å². The van der Waals surface area contributed by atoms with E-state index in [1.54, 1.807) is 22.9 Å². The number of nitrogens with one attached hydrogen (secondary N) is 1. The summed E-state index contributed by atoms with van der Waals surface area (Å²) in [5.41, 5.74) is 2.16. The van der Waals surface area contributed by atoms with Crippen LogP contribution in [-0.2, 0) is 4.79 Å². The molecule has 1 amide bonds. The summed E-state index contributed by atoms with van der Waals surface area (Å²) in [7, 11) is 0. The van der Waals surface area contributed by atoms with E-state index >= 15 is 0 Å². The van der Waals surface area contributed by atoms with E-state index in [9.17, 15) is 9.18 Å². The molecule has 4 rings (SSSR count). The zero-order chi connectivity index (χ0) is 21.1. The molecule has 1 aliphatic heterocycles. The van der Waals surface area contributed by atoms with Gasteiger partial charge in [-0.1, -0.05) is 12.1 Å². The van der Waals surface area contributed by atoms with Crippen molar-refractivity contribution in [2.75, 3.05) is 42.9 Å². The number of para-hydroxylation sites is 1. The first-order chi connectivity index (χ1) is 14.5. The predicted molar refractivity (Wildman–Crippen MR) is 112 cm³/mol. The smallest absolute Gasteiger partial charge is 0.238 e. The number of benzene rings is 1. The molecule has 156 valence electrons. The second-order valence-corrected chi connectivity index (χ2v) is 7.38. The van der Waals surface area contributed by atoms with Crippen molar-refractivity contribution < 1.29 is 9.18 Å². The van der Waals surface area contributed by atoms with Gasteiger partial charge in [-0.05, 0) is 44.2 Å². The molecule has 0 bridgehead atoms. The maximum Gasteiger partial charge on any atom is 0.238 e. The molecule has 3 aromatic rings. The van der Waals surface area contributed by atoms with Gasteiger partial charge >= 0.3 is 0 Å². The highest BCUT2D eigenvalue weighted by Crippen LogP contribution is 2.16. The van der Waals surface area contributed by atoms with Gasteiger partial charge in [0.25, 0.3) is 0 Å². The lowest BCUT2D eigenvalue weighted by atomic mass is 10.3. The Morgan fingerprint density at radius 1 is 1.03 bits per heavy atom. The van der Waals surface area contributed by atoms with Gasteiger partial charge in [-0.15, -0.1) is 10.2 Å². The molecule has 8 nitrogen and oxygen atoms in total. The Kier molecular flexibility index (Phi) is 5.71. The van der Waals surface area contributed by atoms with Crippen LogP contribution in [0.4, 0.5) is 15.9 Å². The summed E-state index contributed by atoms with van der Waals surface area (Å²) in [6.45, 7) is 7.06. The van der Waals surface area contributed by atoms with E-state index in [0.717, 1.165) is 30.3 Å². The van der Waals surface area contributed by atoms with Crippen molar-refractivity contribution in [3.63, 3.8) is 0 Å². The number of amides is 1. The predicted octanol–water partition coefficient (Wildman–Crippen LogP) is 2.18. The molecule has 0 saturated carbocycles. The van der Waals surface area contributed by atoms with Gasteiger partial charge in [0, 0.05) is 31.9 Å². The average Bonchev–Trinajstić information content (AvgIpc) is 3.08. The van der Waals surface area contributed by atoms with Crippen molar-refractivity contribution in [2.24, 2.45) is 0 Å². The molecular formula is C21H24FN7O. The molecular weight excluding hydrogens is 385 g/mol. The number of hydrogen-bond donors (Lipinski definition) is 1. The molecule has 30 heavy (non-hydrogen) atoms. The minimum atomic E-state index is -0.432. The van der Waals surface area contributed by atoms with Crippen LogP contribution in [0.3, 0.4) is 0 Å². The summed E-state index contributed by atoms with van der Waals surface area (Å²) >= 11 is 0. The molecule has 1 aromatic carbocycles. The number of carbonyl (C=O) groups is 1. The summed E-state index contributed by atoms with van der Waals surface area (Å²) in [6, 6.07) is 12.0. The third-order valence-electron chi connectivity index (χ3n) is 5.07. The third-order valence-corrected chi connectivity index (χ3v) is 5.07. The summed E-state index contributed by atoms with van der Waals surface area (Å²) in [5, 5.41) is 15.7. The van der Waals surface area contributed by atoms with Crippen LogP contribution < -0.4 is 10.2 Å². The first-order valence-electron chi connectivity index (χ1n) is 9.88. The van der Waals surface area contributed by atoms with Crippen LogP contribution in [0.5, 0.6) is 0 Å². The molecule has 2 aromatic heterocycles. The number of halogens is 1. The van der Waals surface area contributed by atoms with Crippen LogP contribution >= 0.6 is 0 Å². The van der Waals surface area contributed by atoms with Gasteiger partial charge in [0.15, 0.2) is 11.6 Å². The molecule has 0 unspecified atom stereocenters. The number of nitrogens with zero attached hydrogens (tertiary/aromatic N) is 6. The first-order valence-corrected chi connectivity index (χ1v) is 9.88. The number of piperazine rings is 1. The Morgan fingerprint density at radius 3 is 2.37 bits per heavy atom. The molecule has 0 spiro atoms. The lowest BCUT2D eigenvalue weighted by molar-refractivity contribution is -0.117. The van der Waals surface area contributed by atoms with Crippen molar-refractivity contribution in [3.8, 4) is 5.82 Å². The van der Waals surface area contributed by atoms with E-state index in [1.807, 2.05) is 36.9 Å². The minimum absolute atomic E-state index is 0.208. The number of aryl methyl sites for hydroxylation is 2. The normalized spacial score (nSPS) is 14.7. The Balaban J connectivity index is 1.30. The van der Waals surface area contributed by atoms with Crippen molar-refractivity contribution in [2.45, 2.75) is 13.8 Å². The fraction of sp³-hybridized carbons (Fsp3) is 0.333. The van der Waals surface area contributed by atoms with Crippen LogP contribution in [-0.4, -0.2) is 63.5 Å². The van der Waals surface area contributed by atoms with E-state index in [-0.39, 0.29) is 18.1 Å². The van der Waals surface area contributed by atoms with Crippen molar-refractivity contribution in [1.29, 1.82) is 0 Å². The summed E-state index contributed by atoms with van der Waals surface area (Å²) in [5.74, 6) is 0.837. The lowest BCUT2D eigenvalue weighted by Gasteiger charge is -2.34. The highest BCUT2D eigenvalue weighted by Gasteiger charge is 2.21. The second kappa shape index (κ2) is 8.58. The van der Waals surface area contributed by atoms with Gasteiger partial charge in [0.2, 0.25) is 5.91 Å². The summed E-state index contributed by atoms with van der Waals surface area (Å²) in [4.78, 5) is 16.4. The third kappa shape index (κ3) is 4.46. The number of aromatic nitrogens is 4. The topological polar surface area (TPSA) is 79.2 Å². The fourth-order valence-electron chi connectivity index (χ4n) is 3.55. The van der Waals surface area contributed by atoms with Crippen LogP contribution in [0.15, 0.2) is 42.5 Å². The minimum Gasteiger partial charge on any atom is -0.353 e. The molecule has 3 heterocycles. The number of carbonyl (C=O) groups excluding carboxylic acids is 1. The second-order valence-electron chi connectivity index (χ2n) is 7.38. The van der Waals surface area contributed by atoms with Gasteiger partial charge < -0.3 is 10.2 Å². The van der Waals surface area contributed by atoms with Crippen LogP contribution in [0.25, 0.3) is 5.82 Å². The zero-order valence-electron chi connectivity index (χ0n) is 17.0. The Hall–Kier alpha value is -3.33. The lowest BCUT2D eigenvalue weighted by Crippen LogP contribution is -2.49. The maximum absolute atomic E-state index is 13.7. The molecule has 1 saturated heterocycles. The maximum atomic E-state index is 13.7. The highest BCUT2D eigenvalue weighted by atomic mass is 19.1. The number of rotatable bonds is 5. The van der Waals surface area contributed by atoms with E-state index < -0.39 is 5.82 Å². The average molecular weight is 409 g/mol. The summed E-state index contributed by atoms with van der Waals surface area (Å²) in [6.07, 6.45) is 0. The zero-order valence-corrected chi connectivity index (χ0v) is 17.0. The molecule has 1 N–H and O–H groups in total. The quantitative estimate of drug-likeness (QED) is 0.696. The van der Waals surface area contributed by atoms with Crippen LogP contribution in [0, 0.1) is 19.7 Å². The summed E-state index contributed by atoms with van der Waals surface area (Å²) < 4.78 is 15.5. The van der Waals surface area contributed by atoms with Crippen molar-refractivity contribution in [3.05, 3.63) is 59.7 Å². The van der Waals surface area contributed by atoms with Gasteiger partial charge in [-0.25, -0.2) is 9.07 Å². The van der Waals surface area contributed by atoms with E-state index in [0.29, 0.717) is 18.9 Å². The van der Waals surface area contributed by atoms with Gasteiger partial charge in [-0.3, -0.25) is 9.69 Å². The van der Waals surface area contributed by atoms with E-state index in [4.69, 9.17) is 0 Å². The largest absolute Gasteiger partial charge is 0.353 e. The Morgan fingerprint density at radius 2 is 1.73 bits per heavy atom. The molecule has 1 aliphatic rings. The molecule has 0 radical (unpaired) electrons.